The van der Waals surface area contributed by atoms with E-state index in [4.69, 9.17) is 5.11 Å². The minimum absolute atomic E-state index is 0.120. The summed E-state index contributed by atoms with van der Waals surface area (Å²) in [5.74, 6) is 1.00. The lowest BCUT2D eigenvalue weighted by molar-refractivity contribution is -0.142. The van der Waals surface area contributed by atoms with E-state index in [1.54, 1.807) is 0 Å². The maximum atomic E-state index is 10.9. The van der Waals surface area contributed by atoms with Crippen LogP contribution >= 0.6 is 0 Å². The first-order valence-electron chi connectivity index (χ1n) is 9.25. The van der Waals surface area contributed by atoms with Gasteiger partial charge in [0, 0.05) is 0 Å². The molecule has 3 unspecified atom stereocenters. The zero-order valence-corrected chi connectivity index (χ0v) is 14.9. The van der Waals surface area contributed by atoms with Gasteiger partial charge >= 0.3 is 5.97 Å². The van der Waals surface area contributed by atoms with E-state index in [1.165, 1.54) is 51.4 Å². The third-order valence-corrected chi connectivity index (χ3v) is 5.02. The van der Waals surface area contributed by atoms with Crippen molar-refractivity contribution in [1.29, 1.82) is 0 Å². The Kier molecular flexibility index (Phi) is 12.8. The number of aliphatic carboxylic acids is 1. The number of rotatable bonds is 14. The minimum atomic E-state index is -0.618. The molecule has 0 aliphatic rings. The fourth-order valence-corrected chi connectivity index (χ4v) is 3.09. The van der Waals surface area contributed by atoms with Gasteiger partial charge in [-0.2, -0.15) is 0 Å². The molecular weight excluding hydrogens is 260 g/mol. The van der Waals surface area contributed by atoms with Crippen molar-refractivity contribution in [3.63, 3.8) is 0 Å². The second kappa shape index (κ2) is 13.2. The molecule has 0 spiro atoms. The van der Waals surface area contributed by atoms with Gasteiger partial charge in [0.15, 0.2) is 0 Å². The molecule has 0 aliphatic carbocycles. The van der Waals surface area contributed by atoms with Crippen molar-refractivity contribution in [3.8, 4) is 0 Å². The summed E-state index contributed by atoms with van der Waals surface area (Å²) in [6.45, 7) is 9.04. The van der Waals surface area contributed by atoms with E-state index in [1.807, 2.05) is 6.92 Å². The van der Waals surface area contributed by atoms with Gasteiger partial charge in [-0.15, -0.1) is 0 Å². The maximum Gasteiger partial charge on any atom is 0.306 e. The number of unbranched alkanes of at least 4 members (excludes halogenated alkanes) is 5. The minimum Gasteiger partial charge on any atom is -0.481 e. The predicted octanol–water partition coefficient (Wildman–Crippen LogP) is 6.29. The molecule has 0 saturated carbocycles. The average Bonchev–Trinajstić information content (AvgIpc) is 2.45. The predicted molar refractivity (Wildman–Crippen MR) is 91.6 cm³/mol. The van der Waals surface area contributed by atoms with E-state index in [9.17, 15) is 4.79 Å². The summed E-state index contributed by atoms with van der Waals surface area (Å²) in [6.07, 6.45) is 13.2. The van der Waals surface area contributed by atoms with Crippen molar-refractivity contribution in [3.05, 3.63) is 0 Å². The Hall–Kier alpha value is -0.530. The average molecular weight is 299 g/mol. The lowest BCUT2D eigenvalue weighted by atomic mass is 9.87. The van der Waals surface area contributed by atoms with Crippen LogP contribution in [0.1, 0.15) is 98.3 Å². The molecule has 2 heteroatoms. The fourth-order valence-electron chi connectivity index (χ4n) is 3.09. The Morgan fingerprint density at radius 1 is 0.810 bits per heavy atom. The first kappa shape index (κ1) is 20.5. The van der Waals surface area contributed by atoms with E-state index in [2.05, 4.69) is 20.8 Å². The second-order valence-electron chi connectivity index (χ2n) is 6.89. The summed E-state index contributed by atoms with van der Waals surface area (Å²) in [6, 6.07) is 0. The van der Waals surface area contributed by atoms with E-state index in [0.29, 0.717) is 0 Å². The third kappa shape index (κ3) is 10.8. The first-order chi connectivity index (χ1) is 10.0. The van der Waals surface area contributed by atoms with Gasteiger partial charge in [-0.1, -0.05) is 85.5 Å². The van der Waals surface area contributed by atoms with Crippen LogP contribution in [0.5, 0.6) is 0 Å². The molecule has 1 N–H and O–H groups in total. The normalized spacial score (nSPS) is 15.6. The van der Waals surface area contributed by atoms with Crippen molar-refractivity contribution in [2.24, 2.45) is 17.8 Å². The van der Waals surface area contributed by atoms with Gasteiger partial charge in [0.2, 0.25) is 0 Å². The molecule has 0 rings (SSSR count). The number of hydrogen-bond donors (Lipinski definition) is 1. The number of hydrogen-bond acceptors (Lipinski definition) is 1. The largest absolute Gasteiger partial charge is 0.481 e. The number of carboxylic acids is 1. The van der Waals surface area contributed by atoms with Crippen molar-refractivity contribution in [2.45, 2.75) is 98.3 Å². The molecule has 2 nitrogen and oxygen atoms in total. The van der Waals surface area contributed by atoms with Crippen LogP contribution in [0, 0.1) is 17.8 Å². The van der Waals surface area contributed by atoms with Gasteiger partial charge in [0.1, 0.15) is 0 Å². The molecule has 0 aromatic carbocycles. The van der Waals surface area contributed by atoms with Gasteiger partial charge in [0.25, 0.3) is 0 Å². The molecule has 0 aliphatic heterocycles. The Labute approximate surface area is 132 Å². The Balaban J connectivity index is 3.42. The lowest BCUT2D eigenvalue weighted by Gasteiger charge is -2.19. The highest BCUT2D eigenvalue weighted by molar-refractivity contribution is 5.69. The number of carbonyl (C=O) groups is 1. The molecule has 0 fully saturated rings. The molecule has 0 radical (unpaired) electrons. The SMILES string of the molecule is CCCC(C)C(C)CCCCCCCCC(CC)C(=O)O. The Morgan fingerprint density at radius 2 is 1.29 bits per heavy atom. The zero-order chi connectivity index (χ0) is 16.1. The van der Waals surface area contributed by atoms with Gasteiger partial charge in [0.05, 0.1) is 5.92 Å². The van der Waals surface area contributed by atoms with Crippen LogP contribution < -0.4 is 0 Å². The van der Waals surface area contributed by atoms with Crippen LogP contribution in [0.3, 0.4) is 0 Å². The second-order valence-corrected chi connectivity index (χ2v) is 6.89. The van der Waals surface area contributed by atoms with Crippen molar-refractivity contribution in [2.75, 3.05) is 0 Å². The van der Waals surface area contributed by atoms with Crippen molar-refractivity contribution in [1.82, 2.24) is 0 Å². The standard InChI is InChI=1S/C19H38O2/c1-5-13-16(3)17(4)14-11-9-7-8-10-12-15-18(6-2)19(20)21/h16-18H,5-15H2,1-4H3,(H,20,21). The Morgan fingerprint density at radius 3 is 1.76 bits per heavy atom. The summed E-state index contributed by atoms with van der Waals surface area (Å²) in [5, 5.41) is 8.98. The van der Waals surface area contributed by atoms with Crippen LogP contribution in [0.2, 0.25) is 0 Å². The molecule has 126 valence electrons. The highest BCUT2D eigenvalue weighted by Crippen LogP contribution is 2.23. The zero-order valence-electron chi connectivity index (χ0n) is 14.9. The van der Waals surface area contributed by atoms with Gasteiger partial charge < -0.3 is 5.11 Å². The summed E-state index contributed by atoms with van der Waals surface area (Å²) in [5.41, 5.74) is 0. The summed E-state index contributed by atoms with van der Waals surface area (Å²) < 4.78 is 0. The fraction of sp³-hybridized carbons (Fsp3) is 0.947. The van der Waals surface area contributed by atoms with Crippen LogP contribution in [0.4, 0.5) is 0 Å². The number of carboxylic acid groups (broad SMARTS) is 1. The maximum absolute atomic E-state index is 10.9. The molecular formula is C19H38O2. The van der Waals surface area contributed by atoms with Crippen molar-refractivity contribution >= 4 is 5.97 Å². The summed E-state index contributed by atoms with van der Waals surface area (Å²) in [7, 11) is 0. The van der Waals surface area contributed by atoms with Gasteiger partial charge in [-0.05, 0) is 24.7 Å². The van der Waals surface area contributed by atoms with Crippen LogP contribution in [0.15, 0.2) is 0 Å². The van der Waals surface area contributed by atoms with Crippen LogP contribution in [0.25, 0.3) is 0 Å². The summed E-state index contributed by atoms with van der Waals surface area (Å²) in [4.78, 5) is 10.9. The molecule has 0 heterocycles. The molecule has 0 bridgehead atoms. The monoisotopic (exact) mass is 298 g/mol. The third-order valence-electron chi connectivity index (χ3n) is 5.02. The molecule has 3 atom stereocenters. The molecule has 21 heavy (non-hydrogen) atoms. The molecule has 0 saturated heterocycles. The topological polar surface area (TPSA) is 37.3 Å². The molecule has 0 aromatic heterocycles. The quantitative estimate of drug-likeness (QED) is 0.383. The van der Waals surface area contributed by atoms with E-state index >= 15 is 0 Å². The van der Waals surface area contributed by atoms with Gasteiger partial charge in [-0.25, -0.2) is 0 Å². The molecule has 0 aromatic rings. The Bertz CT molecular complexity index is 250. The van der Waals surface area contributed by atoms with Crippen LogP contribution in [-0.2, 0) is 4.79 Å². The highest BCUT2D eigenvalue weighted by Gasteiger charge is 2.13. The highest BCUT2D eigenvalue weighted by atomic mass is 16.4. The first-order valence-corrected chi connectivity index (χ1v) is 9.25. The van der Waals surface area contributed by atoms with E-state index in [-0.39, 0.29) is 5.92 Å². The van der Waals surface area contributed by atoms with Gasteiger partial charge in [-0.3, -0.25) is 4.79 Å². The van der Waals surface area contributed by atoms with Crippen LogP contribution in [-0.4, -0.2) is 11.1 Å². The van der Waals surface area contributed by atoms with E-state index in [0.717, 1.165) is 31.1 Å². The lowest BCUT2D eigenvalue weighted by Crippen LogP contribution is -2.12. The van der Waals surface area contributed by atoms with E-state index < -0.39 is 5.97 Å². The van der Waals surface area contributed by atoms with Crippen molar-refractivity contribution < 1.29 is 9.90 Å². The molecule has 0 amide bonds. The smallest absolute Gasteiger partial charge is 0.306 e. The summed E-state index contributed by atoms with van der Waals surface area (Å²) >= 11 is 0.